The number of nitrogens with one attached hydrogen (secondary N) is 1. The number of rotatable bonds is 8. The second-order valence-corrected chi connectivity index (χ2v) is 4.96. The standard InChI is InChI=1S/C18H25N3O2/c1-5-13-21(14-6-2)18(23)17(22)19-15-9-11-16(12-10-15)20(7-3)8-4/h5-6,9-12H,1-2,7-8,13-14H2,3-4H3,(H,19,22). The van der Waals surface area contributed by atoms with Gasteiger partial charge >= 0.3 is 11.8 Å². The van der Waals surface area contributed by atoms with E-state index in [1.54, 1.807) is 24.3 Å². The molecule has 1 rings (SSSR count). The van der Waals surface area contributed by atoms with Crippen LogP contribution >= 0.6 is 0 Å². The maximum atomic E-state index is 12.1. The third-order valence-corrected chi connectivity index (χ3v) is 3.43. The van der Waals surface area contributed by atoms with Gasteiger partial charge in [0, 0.05) is 37.6 Å². The van der Waals surface area contributed by atoms with Gasteiger partial charge in [-0.1, -0.05) is 12.2 Å². The molecule has 0 saturated heterocycles. The normalized spacial score (nSPS) is 9.83. The smallest absolute Gasteiger partial charge is 0.313 e. The highest BCUT2D eigenvalue weighted by Gasteiger charge is 2.20. The predicted octanol–water partition coefficient (Wildman–Crippen LogP) is 2.67. The maximum absolute atomic E-state index is 12.1. The summed E-state index contributed by atoms with van der Waals surface area (Å²) in [6.45, 7) is 13.8. The molecular weight excluding hydrogens is 290 g/mol. The van der Waals surface area contributed by atoms with Crippen molar-refractivity contribution in [2.24, 2.45) is 0 Å². The lowest BCUT2D eigenvalue weighted by atomic mass is 10.2. The Balaban J connectivity index is 2.74. The fourth-order valence-corrected chi connectivity index (χ4v) is 2.22. The van der Waals surface area contributed by atoms with Crippen molar-refractivity contribution in [1.29, 1.82) is 0 Å². The number of nitrogens with zero attached hydrogens (tertiary/aromatic N) is 2. The van der Waals surface area contributed by atoms with Gasteiger partial charge in [0.05, 0.1) is 0 Å². The minimum Gasteiger partial charge on any atom is -0.372 e. The third kappa shape index (κ3) is 5.29. The van der Waals surface area contributed by atoms with Gasteiger partial charge in [-0.25, -0.2) is 0 Å². The minimum absolute atomic E-state index is 0.305. The van der Waals surface area contributed by atoms with Gasteiger partial charge in [0.1, 0.15) is 0 Å². The van der Waals surface area contributed by atoms with Crippen LogP contribution in [0.5, 0.6) is 0 Å². The monoisotopic (exact) mass is 315 g/mol. The van der Waals surface area contributed by atoms with Gasteiger partial charge < -0.3 is 15.1 Å². The fourth-order valence-electron chi connectivity index (χ4n) is 2.22. The predicted molar refractivity (Wildman–Crippen MR) is 95.6 cm³/mol. The van der Waals surface area contributed by atoms with Crippen molar-refractivity contribution in [3.8, 4) is 0 Å². The number of hydrogen-bond acceptors (Lipinski definition) is 3. The Morgan fingerprint density at radius 2 is 1.57 bits per heavy atom. The zero-order chi connectivity index (χ0) is 17.2. The Hall–Kier alpha value is -2.56. The van der Waals surface area contributed by atoms with Crippen LogP contribution in [0.4, 0.5) is 11.4 Å². The third-order valence-electron chi connectivity index (χ3n) is 3.43. The number of benzene rings is 1. The molecule has 1 N–H and O–H groups in total. The summed E-state index contributed by atoms with van der Waals surface area (Å²) in [5.74, 6) is -1.26. The van der Waals surface area contributed by atoms with E-state index in [0.717, 1.165) is 18.8 Å². The lowest BCUT2D eigenvalue weighted by Gasteiger charge is -2.21. The van der Waals surface area contributed by atoms with E-state index in [1.165, 1.54) is 4.90 Å². The average Bonchev–Trinajstić information content (AvgIpc) is 2.56. The second kappa shape index (κ2) is 9.46. The van der Waals surface area contributed by atoms with Crippen LogP contribution in [0.25, 0.3) is 0 Å². The van der Waals surface area contributed by atoms with Gasteiger partial charge in [-0.15, -0.1) is 13.2 Å². The summed E-state index contributed by atoms with van der Waals surface area (Å²) in [5.41, 5.74) is 1.68. The molecule has 1 aromatic carbocycles. The van der Waals surface area contributed by atoms with E-state index in [0.29, 0.717) is 18.8 Å². The minimum atomic E-state index is -0.663. The lowest BCUT2D eigenvalue weighted by molar-refractivity contribution is -0.142. The van der Waals surface area contributed by atoms with Crippen LogP contribution in [0.1, 0.15) is 13.8 Å². The molecule has 0 radical (unpaired) electrons. The number of carbonyl (C=O) groups excluding carboxylic acids is 2. The van der Waals surface area contributed by atoms with E-state index in [2.05, 4.69) is 37.2 Å². The Labute approximate surface area is 138 Å². The van der Waals surface area contributed by atoms with Crippen LogP contribution in [0.15, 0.2) is 49.6 Å². The summed E-state index contributed by atoms with van der Waals surface area (Å²) in [6.07, 6.45) is 3.15. The van der Waals surface area contributed by atoms with Crippen LogP contribution in [0.2, 0.25) is 0 Å². The van der Waals surface area contributed by atoms with Crippen molar-refractivity contribution in [3.63, 3.8) is 0 Å². The molecule has 0 unspecified atom stereocenters. The van der Waals surface area contributed by atoms with Crippen molar-refractivity contribution in [1.82, 2.24) is 4.90 Å². The SMILES string of the molecule is C=CCN(CC=C)C(=O)C(=O)Nc1ccc(N(CC)CC)cc1. The molecule has 124 valence electrons. The van der Waals surface area contributed by atoms with Crippen LogP contribution in [-0.2, 0) is 9.59 Å². The fraction of sp³-hybridized carbons (Fsp3) is 0.333. The molecule has 0 bridgehead atoms. The van der Waals surface area contributed by atoms with E-state index in [1.807, 2.05) is 12.1 Å². The van der Waals surface area contributed by atoms with E-state index < -0.39 is 11.8 Å². The van der Waals surface area contributed by atoms with Crippen molar-refractivity contribution < 1.29 is 9.59 Å². The van der Waals surface area contributed by atoms with Crippen LogP contribution in [0.3, 0.4) is 0 Å². The molecule has 0 atom stereocenters. The molecule has 0 aliphatic carbocycles. The number of hydrogen-bond donors (Lipinski definition) is 1. The van der Waals surface area contributed by atoms with Crippen LogP contribution < -0.4 is 10.2 Å². The van der Waals surface area contributed by atoms with Gasteiger partial charge in [0.15, 0.2) is 0 Å². The van der Waals surface area contributed by atoms with E-state index >= 15 is 0 Å². The van der Waals surface area contributed by atoms with E-state index in [4.69, 9.17) is 0 Å². The topological polar surface area (TPSA) is 52.7 Å². The van der Waals surface area contributed by atoms with E-state index in [-0.39, 0.29) is 0 Å². The van der Waals surface area contributed by atoms with Crippen molar-refractivity contribution in [2.45, 2.75) is 13.8 Å². The summed E-state index contributed by atoms with van der Waals surface area (Å²) in [4.78, 5) is 27.7. The first-order chi connectivity index (χ1) is 11.1. The maximum Gasteiger partial charge on any atom is 0.313 e. The zero-order valence-electron chi connectivity index (χ0n) is 13.9. The molecule has 0 fully saturated rings. The molecule has 1 aromatic rings. The number of carbonyl (C=O) groups is 2. The summed E-state index contributed by atoms with van der Waals surface area (Å²) in [6, 6.07) is 7.45. The molecular formula is C18H25N3O2. The highest BCUT2D eigenvalue weighted by molar-refractivity contribution is 6.39. The first kappa shape index (κ1) is 18.5. The molecule has 5 heteroatoms. The molecule has 0 aliphatic heterocycles. The first-order valence-corrected chi connectivity index (χ1v) is 7.74. The molecule has 0 aromatic heterocycles. The first-order valence-electron chi connectivity index (χ1n) is 7.74. The number of anilines is 2. The van der Waals surface area contributed by atoms with Crippen molar-refractivity contribution in [2.75, 3.05) is 36.4 Å². The molecule has 2 amide bonds. The summed E-state index contributed by atoms with van der Waals surface area (Å²) < 4.78 is 0. The van der Waals surface area contributed by atoms with Gasteiger partial charge in [0.2, 0.25) is 0 Å². The Morgan fingerprint density at radius 1 is 1.04 bits per heavy atom. The Morgan fingerprint density at radius 3 is 2.00 bits per heavy atom. The van der Waals surface area contributed by atoms with E-state index in [9.17, 15) is 9.59 Å². The molecule has 5 nitrogen and oxygen atoms in total. The Kier molecular flexibility index (Phi) is 7.60. The van der Waals surface area contributed by atoms with Gasteiger partial charge in [0.25, 0.3) is 0 Å². The van der Waals surface area contributed by atoms with Crippen LogP contribution in [0, 0.1) is 0 Å². The largest absolute Gasteiger partial charge is 0.372 e. The molecule has 0 aliphatic rings. The van der Waals surface area contributed by atoms with Gasteiger partial charge in [-0.05, 0) is 38.1 Å². The highest BCUT2D eigenvalue weighted by atomic mass is 16.2. The van der Waals surface area contributed by atoms with Gasteiger partial charge in [-0.3, -0.25) is 9.59 Å². The summed E-state index contributed by atoms with van der Waals surface area (Å²) in [7, 11) is 0. The average molecular weight is 315 g/mol. The van der Waals surface area contributed by atoms with Crippen molar-refractivity contribution >= 4 is 23.2 Å². The highest BCUT2D eigenvalue weighted by Crippen LogP contribution is 2.17. The molecule has 23 heavy (non-hydrogen) atoms. The summed E-state index contributed by atoms with van der Waals surface area (Å²) in [5, 5.41) is 2.62. The second-order valence-electron chi connectivity index (χ2n) is 4.96. The van der Waals surface area contributed by atoms with Gasteiger partial charge in [-0.2, -0.15) is 0 Å². The number of amides is 2. The quantitative estimate of drug-likeness (QED) is 0.593. The molecule has 0 heterocycles. The zero-order valence-corrected chi connectivity index (χ0v) is 13.9. The molecule has 0 spiro atoms. The Bertz CT molecular complexity index is 538. The lowest BCUT2D eigenvalue weighted by Crippen LogP contribution is -2.39. The summed E-state index contributed by atoms with van der Waals surface area (Å²) >= 11 is 0. The molecule has 0 saturated carbocycles. The van der Waals surface area contributed by atoms with Crippen molar-refractivity contribution in [3.05, 3.63) is 49.6 Å². The van der Waals surface area contributed by atoms with Crippen LogP contribution in [-0.4, -0.2) is 42.9 Å².